The number of methoxy groups -OCH3 is 2. The Labute approximate surface area is 145 Å². The summed E-state index contributed by atoms with van der Waals surface area (Å²) in [5.41, 5.74) is 2.51. The molecule has 1 aromatic carbocycles. The van der Waals surface area contributed by atoms with Crippen molar-refractivity contribution in [2.75, 3.05) is 32.3 Å². The normalized spacial score (nSPS) is 10.9. The number of nitrogens with one attached hydrogen (secondary N) is 1. The second-order valence-electron chi connectivity index (χ2n) is 5.58. The maximum atomic E-state index is 9.50. The average molecular weight is 343 g/mol. The highest BCUT2D eigenvalue weighted by Gasteiger charge is 2.17. The molecule has 0 atom stereocenters. The molecule has 0 amide bonds. The molecular formula is C17H21N5O3. The zero-order valence-corrected chi connectivity index (χ0v) is 14.5. The number of benzene rings is 1. The van der Waals surface area contributed by atoms with Crippen LogP contribution in [0.15, 0.2) is 24.5 Å². The van der Waals surface area contributed by atoms with Gasteiger partial charge in [-0.3, -0.25) is 5.10 Å². The number of aryl methyl sites for hydroxylation is 1. The van der Waals surface area contributed by atoms with Crippen LogP contribution >= 0.6 is 0 Å². The van der Waals surface area contributed by atoms with Gasteiger partial charge in [-0.1, -0.05) is 6.07 Å². The van der Waals surface area contributed by atoms with Crippen LogP contribution in [0.25, 0.3) is 11.0 Å². The van der Waals surface area contributed by atoms with Crippen molar-refractivity contribution >= 4 is 16.9 Å². The fraction of sp³-hybridized carbons (Fsp3) is 0.353. The summed E-state index contributed by atoms with van der Waals surface area (Å²) in [5, 5.41) is 17.5. The van der Waals surface area contributed by atoms with Crippen molar-refractivity contribution < 1.29 is 14.6 Å². The van der Waals surface area contributed by atoms with Crippen LogP contribution in [0.5, 0.6) is 11.5 Å². The van der Waals surface area contributed by atoms with Crippen LogP contribution in [-0.4, -0.2) is 52.6 Å². The van der Waals surface area contributed by atoms with Crippen LogP contribution in [0, 0.1) is 6.92 Å². The first-order chi connectivity index (χ1) is 12.2. The monoisotopic (exact) mass is 343 g/mol. The molecule has 0 spiro atoms. The van der Waals surface area contributed by atoms with Gasteiger partial charge in [0.25, 0.3) is 0 Å². The highest BCUT2D eigenvalue weighted by molar-refractivity contribution is 5.89. The molecule has 0 radical (unpaired) electrons. The summed E-state index contributed by atoms with van der Waals surface area (Å²) < 4.78 is 10.6. The molecule has 3 rings (SSSR count). The van der Waals surface area contributed by atoms with Gasteiger partial charge in [0.2, 0.25) is 0 Å². The summed E-state index contributed by atoms with van der Waals surface area (Å²) in [6.07, 6.45) is 1.48. The minimum Gasteiger partial charge on any atom is -0.493 e. The number of H-pyrrole nitrogens is 1. The first-order valence-electron chi connectivity index (χ1n) is 7.90. The molecule has 8 heteroatoms. The molecule has 2 heterocycles. The zero-order valence-electron chi connectivity index (χ0n) is 14.5. The molecule has 0 aliphatic rings. The quantitative estimate of drug-likeness (QED) is 0.673. The van der Waals surface area contributed by atoms with E-state index in [1.165, 1.54) is 6.33 Å². The van der Waals surface area contributed by atoms with E-state index in [9.17, 15) is 5.11 Å². The van der Waals surface area contributed by atoms with Crippen LogP contribution in [0.3, 0.4) is 0 Å². The van der Waals surface area contributed by atoms with E-state index < -0.39 is 0 Å². The minimum atomic E-state index is 0.00961. The van der Waals surface area contributed by atoms with E-state index in [1.807, 2.05) is 30.0 Å². The summed E-state index contributed by atoms with van der Waals surface area (Å²) >= 11 is 0. The molecular weight excluding hydrogens is 322 g/mol. The summed E-state index contributed by atoms with van der Waals surface area (Å²) in [6, 6.07) is 5.75. The van der Waals surface area contributed by atoms with E-state index in [-0.39, 0.29) is 6.61 Å². The summed E-state index contributed by atoms with van der Waals surface area (Å²) in [6.45, 7) is 2.92. The number of ether oxygens (including phenoxy) is 2. The van der Waals surface area contributed by atoms with Crippen molar-refractivity contribution in [2.24, 2.45) is 0 Å². The van der Waals surface area contributed by atoms with Gasteiger partial charge in [-0.15, -0.1) is 0 Å². The van der Waals surface area contributed by atoms with E-state index in [1.54, 1.807) is 14.2 Å². The number of aliphatic hydroxyl groups excluding tert-OH is 1. The van der Waals surface area contributed by atoms with Crippen molar-refractivity contribution in [3.63, 3.8) is 0 Å². The topological polar surface area (TPSA) is 96.4 Å². The molecule has 3 aromatic rings. The Morgan fingerprint density at radius 3 is 2.68 bits per heavy atom. The third-order valence-corrected chi connectivity index (χ3v) is 4.00. The molecule has 25 heavy (non-hydrogen) atoms. The van der Waals surface area contributed by atoms with E-state index >= 15 is 0 Å². The Hall–Kier alpha value is -2.87. The van der Waals surface area contributed by atoms with Crippen molar-refractivity contribution in [1.82, 2.24) is 20.2 Å². The maximum absolute atomic E-state index is 9.50. The number of aromatic nitrogens is 4. The molecule has 8 nitrogen and oxygen atoms in total. The van der Waals surface area contributed by atoms with Crippen molar-refractivity contribution in [1.29, 1.82) is 0 Å². The van der Waals surface area contributed by atoms with Crippen LogP contribution < -0.4 is 14.4 Å². The largest absolute Gasteiger partial charge is 0.493 e. The fourth-order valence-electron chi connectivity index (χ4n) is 2.80. The molecule has 0 saturated carbocycles. The molecule has 0 unspecified atom stereocenters. The second kappa shape index (κ2) is 7.35. The lowest BCUT2D eigenvalue weighted by Gasteiger charge is -2.24. The van der Waals surface area contributed by atoms with Crippen LogP contribution in [-0.2, 0) is 6.54 Å². The smallest absolute Gasteiger partial charge is 0.186 e. The van der Waals surface area contributed by atoms with E-state index in [0.29, 0.717) is 30.2 Å². The number of fused-ring (bicyclic) bond motifs is 1. The zero-order chi connectivity index (χ0) is 17.8. The van der Waals surface area contributed by atoms with Gasteiger partial charge >= 0.3 is 0 Å². The summed E-state index contributed by atoms with van der Waals surface area (Å²) in [5.74, 6) is 2.08. The minimum absolute atomic E-state index is 0.00961. The Morgan fingerprint density at radius 2 is 1.96 bits per heavy atom. The van der Waals surface area contributed by atoms with Gasteiger partial charge in [-0.25, -0.2) is 9.97 Å². The predicted octanol–water partition coefficient (Wildman–Crippen LogP) is 1.68. The lowest BCUT2D eigenvalue weighted by molar-refractivity contribution is 0.301. The molecule has 2 aromatic heterocycles. The third kappa shape index (κ3) is 3.34. The highest BCUT2D eigenvalue weighted by Crippen LogP contribution is 2.30. The Morgan fingerprint density at radius 1 is 1.16 bits per heavy atom. The second-order valence-corrected chi connectivity index (χ2v) is 5.58. The molecule has 0 saturated heterocycles. The van der Waals surface area contributed by atoms with Gasteiger partial charge in [-0.05, 0) is 24.6 Å². The number of nitrogens with zero attached hydrogens (tertiary/aromatic N) is 4. The third-order valence-electron chi connectivity index (χ3n) is 4.00. The van der Waals surface area contributed by atoms with Crippen LogP contribution in [0.1, 0.15) is 11.3 Å². The Balaban J connectivity index is 1.98. The van der Waals surface area contributed by atoms with Crippen LogP contribution in [0.2, 0.25) is 0 Å². The van der Waals surface area contributed by atoms with Gasteiger partial charge in [-0.2, -0.15) is 5.10 Å². The SMILES string of the molecule is COc1ccc(CN(CCO)c2ncnc3n[nH]c(C)c23)cc1OC. The number of anilines is 1. The van der Waals surface area contributed by atoms with Gasteiger partial charge in [0.1, 0.15) is 12.1 Å². The van der Waals surface area contributed by atoms with Gasteiger partial charge in [0.05, 0.1) is 26.2 Å². The number of hydrogen-bond acceptors (Lipinski definition) is 7. The Kier molecular flexibility index (Phi) is 4.99. The fourth-order valence-corrected chi connectivity index (χ4v) is 2.80. The summed E-state index contributed by atoms with van der Waals surface area (Å²) in [4.78, 5) is 10.6. The van der Waals surface area contributed by atoms with E-state index in [4.69, 9.17) is 9.47 Å². The molecule has 0 aliphatic heterocycles. The first-order valence-corrected chi connectivity index (χ1v) is 7.90. The lowest BCUT2D eigenvalue weighted by Crippen LogP contribution is -2.27. The van der Waals surface area contributed by atoms with Gasteiger partial charge in [0, 0.05) is 18.8 Å². The number of aromatic amines is 1. The van der Waals surface area contributed by atoms with Gasteiger partial charge < -0.3 is 19.5 Å². The lowest BCUT2D eigenvalue weighted by atomic mass is 10.1. The Bertz CT molecular complexity index is 865. The average Bonchev–Trinajstić information content (AvgIpc) is 3.02. The number of hydrogen-bond donors (Lipinski definition) is 2. The molecule has 132 valence electrons. The maximum Gasteiger partial charge on any atom is 0.186 e. The van der Waals surface area contributed by atoms with Crippen molar-refractivity contribution in [3.05, 3.63) is 35.8 Å². The van der Waals surface area contributed by atoms with E-state index in [0.717, 1.165) is 22.5 Å². The molecule has 2 N–H and O–H groups in total. The van der Waals surface area contributed by atoms with E-state index in [2.05, 4.69) is 20.2 Å². The summed E-state index contributed by atoms with van der Waals surface area (Å²) in [7, 11) is 3.21. The highest BCUT2D eigenvalue weighted by atomic mass is 16.5. The van der Waals surface area contributed by atoms with Crippen molar-refractivity contribution in [3.8, 4) is 11.5 Å². The molecule has 0 aliphatic carbocycles. The van der Waals surface area contributed by atoms with Crippen LogP contribution in [0.4, 0.5) is 5.82 Å². The molecule has 0 fully saturated rings. The standard InChI is InChI=1S/C17H21N5O3/c1-11-15-16(21-20-11)18-10-19-17(15)22(6-7-23)9-12-4-5-13(24-2)14(8-12)25-3/h4-5,8,10,23H,6-7,9H2,1-3H3,(H,18,19,20,21). The molecule has 0 bridgehead atoms. The van der Waals surface area contributed by atoms with Gasteiger partial charge in [0.15, 0.2) is 17.1 Å². The first kappa shape index (κ1) is 17.0. The number of rotatable bonds is 7. The van der Waals surface area contributed by atoms with Crippen molar-refractivity contribution in [2.45, 2.75) is 13.5 Å². The predicted molar refractivity (Wildman–Crippen MR) is 94.1 cm³/mol. The number of aliphatic hydroxyl groups is 1.